The first-order chi connectivity index (χ1) is 14.0. The SMILES string of the molecule is CC1(c2cccc(NC(=O)c3cnc(N4CCOCC4)cn3)c2)CCSC(N)=N1. The van der Waals surface area contributed by atoms with Crippen LogP contribution in [0.2, 0.25) is 0 Å². The zero-order chi connectivity index (χ0) is 20.3. The van der Waals surface area contributed by atoms with Crippen molar-refractivity contribution in [3.63, 3.8) is 0 Å². The lowest BCUT2D eigenvalue weighted by molar-refractivity contribution is 0.102. The lowest BCUT2D eigenvalue weighted by atomic mass is 9.89. The van der Waals surface area contributed by atoms with Crippen molar-refractivity contribution in [2.75, 3.05) is 42.3 Å². The number of morpholine rings is 1. The molecule has 1 atom stereocenters. The van der Waals surface area contributed by atoms with Gasteiger partial charge in [0.1, 0.15) is 11.5 Å². The Kier molecular flexibility index (Phi) is 5.68. The molecule has 9 heteroatoms. The van der Waals surface area contributed by atoms with Gasteiger partial charge in [-0.15, -0.1) is 0 Å². The monoisotopic (exact) mass is 412 g/mol. The van der Waals surface area contributed by atoms with Gasteiger partial charge in [-0.3, -0.25) is 9.79 Å². The van der Waals surface area contributed by atoms with Gasteiger partial charge < -0.3 is 20.7 Å². The summed E-state index contributed by atoms with van der Waals surface area (Å²) in [5.41, 5.74) is 7.53. The molecule has 1 aromatic heterocycles. The van der Waals surface area contributed by atoms with E-state index in [9.17, 15) is 4.79 Å². The number of amidine groups is 1. The zero-order valence-electron chi connectivity index (χ0n) is 16.3. The Labute approximate surface area is 174 Å². The number of anilines is 2. The number of hydrogen-bond acceptors (Lipinski definition) is 8. The van der Waals surface area contributed by atoms with Crippen molar-refractivity contribution >= 4 is 34.3 Å². The number of carbonyl (C=O) groups is 1. The van der Waals surface area contributed by atoms with Crippen LogP contribution in [0.15, 0.2) is 41.7 Å². The number of hydrogen-bond donors (Lipinski definition) is 2. The standard InChI is InChI=1S/C20H24N6O2S/c1-20(5-10-29-19(21)25-20)14-3-2-4-15(11-14)24-18(27)16-12-23-17(13-22-16)26-6-8-28-9-7-26/h2-4,11-13H,5-10H2,1H3,(H2,21,25)(H,24,27). The summed E-state index contributed by atoms with van der Waals surface area (Å²) >= 11 is 1.57. The summed E-state index contributed by atoms with van der Waals surface area (Å²) in [4.78, 5) is 28.0. The maximum Gasteiger partial charge on any atom is 0.275 e. The molecule has 1 fully saturated rings. The van der Waals surface area contributed by atoms with E-state index >= 15 is 0 Å². The van der Waals surface area contributed by atoms with Crippen molar-refractivity contribution in [1.29, 1.82) is 0 Å². The van der Waals surface area contributed by atoms with Crippen LogP contribution < -0.4 is 16.0 Å². The van der Waals surface area contributed by atoms with Crippen LogP contribution in [-0.2, 0) is 10.3 Å². The second-order valence-electron chi connectivity index (χ2n) is 7.22. The Bertz CT molecular complexity index is 913. The van der Waals surface area contributed by atoms with Crippen molar-refractivity contribution in [1.82, 2.24) is 9.97 Å². The largest absolute Gasteiger partial charge is 0.379 e. The molecule has 0 aliphatic carbocycles. The number of nitrogens with zero attached hydrogens (tertiary/aromatic N) is 4. The molecule has 2 aliphatic rings. The van der Waals surface area contributed by atoms with Gasteiger partial charge in [-0.1, -0.05) is 23.9 Å². The van der Waals surface area contributed by atoms with Crippen molar-refractivity contribution in [3.05, 3.63) is 47.9 Å². The molecule has 29 heavy (non-hydrogen) atoms. The summed E-state index contributed by atoms with van der Waals surface area (Å²) < 4.78 is 5.35. The summed E-state index contributed by atoms with van der Waals surface area (Å²) in [6, 6.07) is 7.72. The van der Waals surface area contributed by atoms with Gasteiger partial charge in [0.25, 0.3) is 5.91 Å². The van der Waals surface area contributed by atoms with E-state index in [0.29, 0.717) is 24.1 Å². The quantitative estimate of drug-likeness (QED) is 0.793. The molecular formula is C20H24N6O2S. The lowest BCUT2D eigenvalue weighted by Gasteiger charge is -2.30. The zero-order valence-corrected chi connectivity index (χ0v) is 17.1. The Morgan fingerprint density at radius 2 is 2.10 bits per heavy atom. The number of nitrogens with two attached hydrogens (primary N) is 1. The molecule has 152 valence electrons. The summed E-state index contributed by atoms with van der Waals surface area (Å²) in [7, 11) is 0. The molecular weight excluding hydrogens is 388 g/mol. The molecule has 2 aliphatic heterocycles. The molecule has 1 amide bonds. The average molecular weight is 413 g/mol. The van der Waals surface area contributed by atoms with Crippen molar-refractivity contribution in [3.8, 4) is 0 Å². The van der Waals surface area contributed by atoms with Crippen molar-refractivity contribution < 1.29 is 9.53 Å². The summed E-state index contributed by atoms with van der Waals surface area (Å²) in [5.74, 6) is 1.38. The van der Waals surface area contributed by atoms with Gasteiger partial charge in [0.15, 0.2) is 5.17 Å². The van der Waals surface area contributed by atoms with Gasteiger partial charge in [0, 0.05) is 24.5 Å². The second kappa shape index (κ2) is 8.38. The second-order valence-corrected chi connectivity index (χ2v) is 8.33. The van der Waals surface area contributed by atoms with E-state index in [4.69, 9.17) is 10.5 Å². The molecule has 3 heterocycles. The maximum absolute atomic E-state index is 12.6. The molecule has 8 nitrogen and oxygen atoms in total. The molecule has 0 saturated carbocycles. The summed E-state index contributed by atoms with van der Waals surface area (Å²) in [6.45, 7) is 4.96. The highest BCUT2D eigenvalue weighted by Gasteiger charge is 2.29. The van der Waals surface area contributed by atoms with Crippen LogP contribution >= 0.6 is 11.8 Å². The predicted octanol–water partition coefficient (Wildman–Crippen LogP) is 2.23. The topological polar surface area (TPSA) is 106 Å². The van der Waals surface area contributed by atoms with Gasteiger partial charge in [0.05, 0.1) is 31.1 Å². The third kappa shape index (κ3) is 4.51. The molecule has 2 aromatic rings. The Balaban J connectivity index is 1.46. The molecule has 0 bridgehead atoms. The third-order valence-corrected chi connectivity index (χ3v) is 5.94. The Morgan fingerprint density at radius 1 is 1.28 bits per heavy atom. The van der Waals surface area contributed by atoms with E-state index in [1.165, 1.54) is 6.20 Å². The molecule has 4 rings (SSSR count). The van der Waals surface area contributed by atoms with Crippen LogP contribution in [0.5, 0.6) is 0 Å². The van der Waals surface area contributed by atoms with Crippen LogP contribution in [-0.4, -0.2) is 53.1 Å². The fourth-order valence-corrected chi connectivity index (χ4v) is 4.39. The van der Waals surface area contributed by atoms with E-state index in [1.807, 2.05) is 24.3 Å². The number of thioether (sulfide) groups is 1. The van der Waals surface area contributed by atoms with Crippen LogP contribution in [0, 0.1) is 0 Å². The number of rotatable bonds is 4. The van der Waals surface area contributed by atoms with E-state index < -0.39 is 0 Å². The highest BCUT2D eigenvalue weighted by Crippen LogP contribution is 2.35. The first kappa shape index (κ1) is 19.7. The number of benzene rings is 1. The van der Waals surface area contributed by atoms with E-state index in [-0.39, 0.29) is 17.1 Å². The Morgan fingerprint density at radius 3 is 2.83 bits per heavy atom. The number of ether oxygens (including phenoxy) is 1. The molecule has 0 radical (unpaired) electrons. The first-order valence-electron chi connectivity index (χ1n) is 9.58. The first-order valence-corrected chi connectivity index (χ1v) is 10.6. The molecule has 0 spiro atoms. The highest BCUT2D eigenvalue weighted by atomic mass is 32.2. The van der Waals surface area contributed by atoms with Gasteiger partial charge in [-0.2, -0.15) is 0 Å². The van der Waals surface area contributed by atoms with Crippen LogP contribution in [0.25, 0.3) is 0 Å². The van der Waals surface area contributed by atoms with Gasteiger partial charge >= 0.3 is 0 Å². The number of carbonyl (C=O) groups excluding carboxylic acids is 1. The smallest absolute Gasteiger partial charge is 0.275 e. The van der Waals surface area contributed by atoms with E-state index in [0.717, 1.165) is 36.6 Å². The van der Waals surface area contributed by atoms with Gasteiger partial charge in [0.2, 0.25) is 0 Å². The molecule has 1 saturated heterocycles. The number of amides is 1. The van der Waals surface area contributed by atoms with E-state index in [1.54, 1.807) is 18.0 Å². The minimum Gasteiger partial charge on any atom is -0.379 e. The third-order valence-electron chi connectivity index (χ3n) is 5.14. The van der Waals surface area contributed by atoms with Crippen LogP contribution in [0.3, 0.4) is 0 Å². The van der Waals surface area contributed by atoms with Crippen LogP contribution in [0.4, 0.5) is 11.5 Å². The van der Waals surface area contributed by atoms with E-state index in [2.05, 4.69) is 32.1 Å². The average Bonchev–Trinajstić information content (AvgIpc) is 2.74. The number of nitrogens with one attached hydrogen (secondary N) is 1. The number of aromatic nitrogens is 2. The minimum atomic E-state index is -0.379. The minimum absolute atomic E-state index is 0.273. The Hall–Kier alpha value is -2.65. The molecule has 1 aromatic carbocycles. The summed E-state index contributed by atoms with van der Waals surface area (Å²) in [6.07, 6.45) is 4.04. The lowest BCUT2D eigenvalue weighted by Crippen LogP contribution is -2.36. The maximum atomic E-state index is 12.6. The number of aliphatic imine (C=N–C) groups is 1. The fraction of sp³-hybridized carbons (Fsp3) is 0.400. The summed E-state index contributed by atoms with van der Waals surface area (Å²) in [5, 5.41) is 3.51. The van der Waals surface area contributed by atoms with Gasteiger partial charge in [-0.25, -0.2) is 9.97 Å². The highest BCUT2D eigenvalue weighted by molar-refractivity contribution is 8.13. The fourth-order valence-electron chi connectivity index (χ4n) is 3.42. The van der Waals surface area contributed by atoms with Gasteiger partial charge in [-0.05, 0) is 31.0 Å². The molecule has 1 unspecified atom stereocenters. The normalized spacial score (nSPS) is 22.1. The van der Waals surface area contributed by atoms with Crippen LogP contribution in [0.1, 0.15) is 29.4 Å². The predicted molar refractivity (Wildman–Crippen MR) is 116 cm³/mol. The van der Waals surface area contributed by atoms with Crippen molar-refractivity contribution in [2.24, 2.45) is 10.7 Å². The van der Waals surface area contributed by atoms with Crippen molar-refractivity contribution in [2.45, 2.75) is 18.9 Å². The molecule has 3 N–H and O–H groups in total.